The number of fused-ring (bicyclic) bond motifs is 3. The molecule has 166 valence electrons. The zero-order valence-electron chi connectivity index (χ0n) is 18.6. The summed E-state index contributed by atoms with van der Waals surface area (Å²) in [6, 6.07) is 22.9. The van der Waals surface area contributed by atoms with E-state index in [1.54, 1.807) is 24.3 Å². The van der Waals surface area contributed by atoms with Crippen molar-refractivity contribution in [1.82, 2.24) is 9.88 Å². The minimum absolute atomic E-state index is 0.185. The second-order valence-corrected chi connectivity index (χ2v) is 8.32. The van der Waals surface area contributed by atoms with Crippen LogP contribution in [0.5, 0.6) is 0 Å². The topological polar surface area (TPSA) is 74.4 Å². The Hall–Kier alpha value is -4.06. The molecule has 3 aromatic carbocycles. The molecule has 0 unspecified atom stereocenters. The first-order chi connectivity index (χ1) is 16.0. The number of nitrogens with one attached hydrogen (secondary N) is 2. The minimum atomic E-state index is -0.408. The van der Waals surface area contributed by atoms with Crippen LogP contribution in [0, 0.1) is 6.92 Å². The van der Waals surface area contributed by atoms with Crippen molar-refractivity contribution >= 4 is 28.6 Å². The maximum absolute atomic E-state index is 13.4. The second-order valence-electron chi connectivity index (χ2n) is 8.32. The van der Waals surface area contributed by atoms with E-state index in [-0.39, 0.29) is 12.1 Å². The molecule has 33 heavy (non-hydrogen) atoms. The number of anilines is 1. The molecule has 1 atom stereocenters. The van der Waals surface area contributed by atoms with Gasteiger partial charge in [0.05, 0.1) is 18.7 Å². The molecule has 2 amide bonds. The lowest BCUT2D eigenvalue weighted by atomic mass is 9.92. The lowest BCUT2D eigenvalue weighted by Gasteiger charge is -2.36. The molecule has 0 aliphatic carbocycles. The average Bonchev–Trinajstić information content (AvgIpc) is 3.23. The van der Waals surface area contributed by atoms with Crippen molar-refractivity contribution in [3.63, 3.8) is 0 Å². The fourth-order valence-corrected chi connectivity index (χ4v) is 4.56. The molecule has 5 rings (SSSR count). The van der Waals surface area contributed by atoms with Gasteiger partial charge in [-0.1, -0.05) is 48.0 Å². The summed E-state index contributed by atoms with van der Waals surface area (Å²) in [6.45, 7) is 2.65. The van der Waals surface area contributed by atoms with Gasteiger partial charge in [-0.15, -0.1) is 0 Å². The Morgan fingerprint density at radius 1 is 1.00 bits per heavy atom. The first-order valence-corrected chi connectivity index (χ1v) is 11.0. The predicted molar refractivity (Wildman–Crippen MR) is 129 cm³/mol. The predicted octanol–water partition coefficient (Wildman–Crippen LogP) is 5.44. The van der Waals surface area contributed by atoms with E-state index >= 15 is 0 Å². The number of H-pyrrole nitrogens is 1. The molecule has 0 radical (unpaired) electrons. The Labute approximate surface area is 192 Å². The first-order valence-electron chi connectivity index (χ1n) is 11.0. The maximum atomic E-state index is 13.4. The van der Waals surface area contributed by atoms with Gasteiger partial charge in [0.25, 0.3) is 0 Å². The molecule has 2 N–H and O–H groups in total. The summed E-state index contributed by atoms with van der Waals surface area (Å²) in [6.07, 6.45) is 0.774. The molecular formula is C27H25N3O3. The van der Waals surface area contributed by atoms with Gasteiger partial charge in [-0.05, 0) is 54.8 Å². The van der Waals surface area contributed by atoms with Crippen LogP contribution in [0.1, 0.15) is 38.8 Å². The third-order valence-electron chi connectivity index (χ3n) is 6.25. The van der Waals surface area contributed by atoms with E-state index < -0.39 is 5.97 Å². The fraction of sp³-hybridized carbons (Fsp3) is 0.185. The van der Waals surface area contributed by atoms with Crippen LogP contribution in [-0.4, -0.2) is 35.5 Å². The summed E-state index contributed by atoms with van der Waals surface area (Å²) in [5.41, 5.74) is 6.70. The first kappa shape index (κ1) is 20.8. The number of urea groups is 1. The van der Waals surface area contributed by atoms with Gasteiger partial charge in [0, 0.05) is 28.8 Å². The highest BCUT2D eigenvalue weighted by Crippen LogP contribution is 2.38. The van der Waals surface area contributed by atoms with E-state index in [2.05, 4.69) is 59.7 Å². The molecule has 0 fully saturated rings. The number of carbonyl (C=O) groups is 2. The molecule has 1 aliphatic heterocycles. The minimum Gasteiger partial charge on any atom is -0.465 e. The highest BCUT2D eigenvalue weighted by Gasteiger charge is 2.34. The van der Waals surface area contributed by atoms with Crippen molar-refractivity contribution in [2.75, 3.05) is 19.0 Å². The third-order valence-corrected chi connectivity index (χ3v) is 6.25. The molecule has 0 saturated heterocycles. The number of amides is 2. The van der Waals surface area contributed by atoms with Crippen molar-refractivity contribution in [3.8, 4) is 0 Å². The quantitative estimate of drug-likeness (QED) is 0.417. The van der Waals surface area contributed by atoms with Gasteiger partial charge in [0.2, 0.25) is 0 Å². The molecule has 0 spiro atoms. The number of aromatic amines is 1. The van der Waals surface area contributed by atoms with Gasteiger partial charge in [-0.2, -0.15) is 0 Å². The number of ether oxygens (including phenoxy) is 1. The van der Waals surface area contributed by atoms with Gasteiger partial charge in [0.15, 0.2) is 0 Å². The molecule has 6 nitrogen and oxygen atoms in total. The van der Waals surface area contributed by atoms with Crippen LogP contribution in [0.25, 0.3) is 10.9 Å². The van der Waals surface area contributed by atoms with Gasteiger partial charge < -0.3 is 19.9 Å². The number of aryl methyl sites for hydroxylation is 1. The SMILES string of the molecule is COC(=O)c1ccc(NC(=O)N2CCc3c([nH]c4ccccc34)[C@@H]2c2ccc(C)cc2)cc1. The highest BCUT2D eigenvalue weighted by molar-refractivity contribution is 5.93. The normalized spacial score (nSPS) is 15.2. The average molecular weight is 440 g/mol. The van der Waals surface area contributed by atoms with Crippen molar-refractivity contribution in [1.29, 1.82) is 0 Å². The number of esters is 1. The second kappa shape index (κ2) is 8.47. The van der Waals surface area contributed by atoms with Crippen molar-refractivity contribution in [3.05, 3.63) is 101 Å². The van der Waals surface area contributed by atoms with Crippen molar-refractivity contribution < 1.29 is 14.3 Å². The Bertz CT molecular complexity index is 1320. The highest BCUT2D eigenvalue weighted by atomic mass is 16.5. The van der Waals surface area contributed by atoms with Crippen LogP contribution in [0.4, 0.5) is 10.5 Å². The van der Waals surface area contributed by atoms with Crippen LogP contribution in [0.3, 0.4) is 0 Å². The number of methoxy groups -OCH3 is 1. The van der Waals surface area contributed by atoms with Crippen LogP contribution in [-0.2, 0) is 11.2 Å². The van der Waals surface area contributed by atoms with Crippen LogP contribution >= 0.6 is 0 Å². The van der Waals surface area contributed by atoms with Gasteiger partial charge in [-0.3, -0.25) is 0 Å². The zero-order valence-corrected chi connectivity index (χ0v) is 18.6. The summed E-state index contributed by atoms with van der Waals surface area (Å²) >= 11 is 0. The molecule has 0 bridgehead atoms. The van der Waals surface area contributed by atoms with Gasteiger partial charge in [-0.25, -0.2) is 9.59 Å². The fourth-order valence-electron chi connectivity index (χ4n) is 4.56. The Morgan fingerprint density at radius 2 is 1.73 bits per heavy atom. The maximum Gasteiger partial charge on any atom is 0.337 e. The summed E-state index contributed by atoms with van der Waals surface area (Å²) in [4.78, 5) is 30.6. The van der Waals surface area contributed by atoms with Gasteiger partial charge in [0.1, 0.15) is 0 Å². The molecular weight excluding hydrogens is 414 g/mol. The number of hydrogen-bond acceptors (Lipinski definition) is 3. The zero-order chi connectivity index (χ0) is 22.9. The van der Waals surface area contributed by atoms with E-state index in [4.69, 9.17) is 4.74 Å². The van der Waals surface area contributed by atoms with E-state index in [9.17, 15) is 9.59 Å². The molecule has 1 aliphatic rings. The van der Waals surface area contributed by atoms with Gasteiger partial charge >= 0.3 is 12.0 Å². The number of rotatable bonds is 3. The molecule has 0 saturated carbocycles. The van der Waals surface area contributed by atoms with Crippen LogP contribution in [0.2, 0.25) is 0 Å². The number of nitrogens with zero attached hydrogens (tertiary/aromatic N) is 1. The number of carbonyl (C=O) groups excluding carboxylic acids is 2. The monoisotopic (exact) mass is 439 g/mol. The summed E-state index contributed by atoms with van der Waals surface area (Å²) in [7, 11) is 1.35. The van der Waals surface area contributed by atoms with E-state index in [0.717, 1.165) is 23.2 Å². The van der Waals surface area contributed by atoms with Crippen LogP contribution in [0.15, 0.2) is 72.8 Å². The summed E-state index contributed by atoms with van der Waals surface area (Å²) in [5.74, 6) is -0.408. The Kier molecular flexibility index (Phi) is 5.34. The Morgan fingerprint density at radius 3 is 2.45 bits per heavy atom. The van der Waals surface area contributed by atoms with E-state index in [1.165, 1.54) is 23.6 Å². The smallest absolute Gasteiger partial charge is 0.337 e. The van der Waals surface area contributed by atoms with E-state index in [0.29, 0.717) is 17.8 Å². The summed E-state index contributed by atoms with van der Waals surface area (Å²) < 4.78 is 4.74. The van der Waals surface area contributed by atoms with E-state index in [1.807, 2.05) is 11.0 Å². The van der Waals surface area contributed by atoms with Crippen LogP contribution < -0.4 is 5.32 Å². The summed E-state index contributed by atoms with van der Waals surface area (Å²) in [5, 5.41) is 4.20. The lowest BCUT2D eigenvalue weighted by molar-refractivity contribution is 0.0600. The Balaban J connectivity index is 1.49. The largest absolute Gasteiger partial charge is 0.465 e. The molecule has 4 aromatic rings. The molecule has 1 aromatic heterocycles. The van der Waals surface area contributed by atoms with Crippen molar-refractivity contribution in [2.45, 2.75) is 19.4 Å². The molecule has 2 heterocycles. The lowest BCUT2D eigenvalue weighted by Crippen LogP contribution is -2.43. The van der Waals surface area contributed by atoms with Crippen molar-refractivity contribution in [2.24, 2.45) is 0 Å². The number of para-hydroxylation sites is 1. The number of aromatic nitrogens is 1. The molecule has 6 heteroatoms. The standard InChI is InChI=1S/C27H25N3O3/c1-17-7-9-18(10-8-17)25-24-22(21-5-3-4-6-23(21)29-24)15-16-30(25)27(32)28-20-13-11-19(12-14-20)26(31)33-2/h3-14,25,29H,15-16H2,1-2H3,(H,28,32)/t25-/m0/s1. The third kappa shape index (κ3) is 3.84. The number of hydrogen-bond donors (Lipinski definition) is 2. The number of benzene rings is 3.